The van der Waals surface area contributed by atoms with E-state index in [4.69, 9.17) is 5.73 Å². The number of piperidine rings is 1. The van der Waals surface area contributed by atoms with Gasteiger partial charge in [0.2, 0.25) is 0 Å². The van der Waals surface area contributed by atoms with Gasteiger partial charge in [-0.1, -0.05) is 20.3 Å². The standard InChI is InChI=1S/C13H25N3.HI/c1-11-4-8-16(9-5-11)12(14)15-10-13(2)6-3-7-13;/h11H,3-10H2,1-2H3,(H2,14,15);1H. The number of halogens is 1. The first-order valence-corrected chi connectivity index (χ1v) is 6.64. The van der Waals surface area contributed by atoms with E-state index >= 15 is 0 Å². The molecule has 0 bridgehead atoms. The Hall–Kier alpha value is 0. The maximum atomic E-state index is 6.06. The highest BCUT2D eigenvalue weighted by Gasteiger charge is 2.31. The molecule has 1 heterocycles. The Bertz CT molecular complexity index is 266. The zero-order valence-electron chi connectivity index (χ0n) is 11.1. The van der Waals surface area contributed by atoms with E-state index < -0.39 is 0 Å². The highest BCUT2D eigenvalue weighted by atomic mass is 127. The second kappa shape index (κ2) is 6.25. The van der Waals surface area contributed by atoms with Gasteiger partial charge in [0, 0.05) is 19.6 Å². The van der Waals surface area contributed by atoms with Crippen molar-refractivity contribution in [1.29, 1.82) is 0 Å². The Morgan fingerprint density at radius 3 is 2.41 bits per heavy atom. The van der Waals surface area contributed by atoms with Gasteiger partial charge in [-0.2, -0.15) is 0 Å². The molecular weight excluding hydrogens is 325 g/mol. The van der Waals surface area contributed by atoms with Crippen molar-refractivity contribution < 1.29 is 0 Å². The lowest BCUT2D eigenvalue weighted by molar-refractivity contribution is 0.172. The van der Waals surface area contributed by atoms with E-state index in [2.05, 4.69) is 23.7 Å². The lowest BCUT2D eigenvalue weighted by Crippen LogP contribution is -2.43. The van der Waals surface area contributed by atoms with Crippen molar-refractivity contribution in [1.82, 2.24) is 4.90 Å². The number of rotatable bonds is 2. The molecule has 2 rings (SSSR count). The Labute approximate surface area is 122 Å². The molecule has 4 heteroatoms. The van der Waals surface area contributed by atoms with Gasteiger partial charge in [-0.3, -0.25) is 4.99 Å². The van der Waals surface area contributed by atoms with Gasteiger partial charge >= 0.3 is 0 Å². The summed E-state index contributed by atoms with van der Waals surface area (Å²) in [5.41, 5.74) is 6.51. The van der Waals surface area contributed by atoms with Gasteiger partial charge in [0.05, 0.1) is 0 Å². The van der Waals surface area contributed by atoms with Crippen LogP contribution in [0.2, 0.25) is 0 Å². The van der Waals surface area contributed by atoms with Gasteiger partial charge < -0.3 is 10.6 Å². The van der Waals surface area contributed by atoms with Gasteiger partial charge in [0.15, 0.2) is 5.96 Å². The smallest absolute Gasteiger partial charge is 0.191 e. The number of guanidine groups is 1. The maximum absolute atomic E-state index is 6.06. The van der Waals surface area contributed by atoms with Crippen molar-refractivity contribution in [2.75, 3.05) is 19.6 Å². The molecule has 0 aromatic heterocycles. The summed E-state index contributed by atoms with van der Waals surface area (Å²) in [6, 6.07) is 0. The molecule has 1 saturated heterocycles. The summed E-state index contributed by atoms with van der Waals surface area (Å²) < 4.78 is 0. The monoisotopic (exact) mass is 351 g/mol. The van der Waals surface area contributed by atoms with Crippen LogP contribution in [0.25, 0.3) is 0 Å². The fourth-order valence-corrected chi connectivity index (χ4v) is 2.55. The molecule has 1 aliphatic heterocycles. The maximum Gasteiger partial charge on any atom is 0.191 e. The van der Waals surface area contributed by atoms with E-state index in [0.29, 0.717) is 5.41 Å². The fraction of sp³-hybridized carbons (Fsp3) is 0.923. The summed E-state index contributed by atoms with van der Waals surface area (Å²) >= 11 is 0. The number of nitrogens with two attached hydrogens (primary N) is 1. The second-order valence-corrected chi connectivity index (χ2v) is 6.01. The molecule has 2 aliphatic rings. The summed E-state index contributed by atoms with van der Waals surface area (Å²) in [7, 11) is 0. The van der Waals surface area contributed by atoms with Gasteiger partial charge in [0.25, 0.3) is 0 Å². The van der Waals surface area contributed by atoms with Crippen LogP contribution in [0.3, 0.4) is 0 Å². The summed E-state index contributed by atoms with van der Waals surface area (Å²) in [6.07, 6.45) is 6.52. The van der Waals surface area contributed by atoms with E-state index in [1.165, 1.54) is 32.1 Å². The Morgan fingerprint density at radius 2 is 1.94 bits per heavy atom. The zero-order chi connectivity index (χ0) is 11.6. The van der Waals surface area contributed by atoms with E-state index in [0.717, 1.165) is 31.5 Å². The van der Waals surface area contributed by atoms with Crippen LogP contribution in [-0.4, -0.2) is 30.5 Å². The number of aliphatic imine (C=N–C) groups is 1. The minimum atomic E-state index is 0. The van der Waals surface area contributed by atoms with Crippen LogP contribution in [0.5, 0.6) is 0 Å². The summed E-state index contributed by atoms with van der Waals surface area (Å²) in [6.45, 7) is 7.75. The average Bonchev–Trinajstić information content (AvgIpc) is 2.24. The molecule has 2 N–H and O–H groups in total. The number of hydrogen-bond donors (Lipinski definition) is 1. The van der Waals surface area contributed by atoms with Crippen LogP contribution in [0.4, 0.5) is 0 Å². The first-order valence-electron chi connectivity index (χ1n) is 6.64. The third-order valence-corrected chi connectivity index (χ3v) is 4.29. The minimum absolute atomic E-state index is 0. The summed E-state index contributed by atoms with van der Waals surface area (Å²) in [5.74, 6) is 1.63. The molecule has 1 aliphatic carbocycles. The third kappa shape index (κ3) is 4.00. The fourth-order valence-electron chi connectivity index (χ4n) is 2.55. The molecular formula is C13H26IN3. The van der Waals surface area contributed by atoms with Crippen LogP contribution in [-0.2, 0) is 0 Å². The van der Waals surface area contributed by atoms with Gasteiger partial charge in [0.1, 0.15) is 0 Å². The molecule has 100 valence electrons. The molecule has 3 nitrogen and oxygen atoms in total. The van der Waals surface area contributed by atoms with Crippen LogP contribution < -0.4 is 5.73 Å². The molecule has 17 heavy (non-hydrogen) atoms. The lowest BCUT2D eigenvalue weighted by Gasteiger charge is -2.37. The van der Waals surface area contributed by atoms with E-state index in [9.17, 15) is 0 Å². The Kier molecular flexibility index (Phi) is 5.54. The third-order valence-electron chi connectivity index (χ3n) is 4.29. The van der Waals surface area contributed by atoms with Crippen molar-refractivity contribution in [3.8, 4) is 0 Å². The molecule has 1 saturated carbocycles. The molecule has 0 aromatic carbocycles. The van der Waals surface area contributed by atoms with Crippen molar-refractivity contribution in [2.45, 2.75) is 46.0 Å². The van der Waals surface area contributed by atoms with Crippen LogP contribution >= 0.6 is 24.0 Å². The van der Waals surface area contributed by atoms with Gasteiger partial charge in [-0.05, 0) is 37.0 Å². The van der Waals surface area contributed by atoms with E-state index in [1.807, 2.05) is 0 Å². The van der Waals surface area contributed by atoms with Crippen LogP contribution in [0.1, 0.15) is 46.0 Å². The Balaban J connectivity index is 0.00000144. The molecule has 0 atom stereocenters. The number of nitrogens with zero attached hydrogens (tertiary/aromatic N) is 2. The second-order valence-electron chi connectivity index (χ2n) is 6.01. The van der Waals surface area contributed by atoms with Crippen LogP contribution in [0, 0.1) is 11.3 Å². The van der Waals surface area contributed by atoms with Gasteiger partial charge in [-0.25, -0.2) is 0 Å². The molecule has 0 amide bonds. The zero-order valence-corrected chi connectivity index (χ0v) is 13.4. The predicted octanol–water partition coefficient (Wildman–Crippen LogP) is 2.84. The molecule has 0 spiro atoms. The minimum Gasteiger partial charge on any atom is -0.370 e. The van der Waals surface area contributed by atoms with Crippen molar-refractivity contribution in [2.24, 2.45) is 22.1 Å². The predicted molar refractivity (Wildman–Crippen MR) is 83.8 cm³/mol. The molecule has 0 aromatic rings. The normalized spacial score (nSPS) is 25.1. The first-order chi connectivity index (χ1) is 7.59. The molecule has 0 unspecified atom stereocenters. The van der Waals surface area contributed by atoms with E-state index in [1.54, 1.807) is 0 Å². The highest BCUT2D eigenvalue weighted by molar-refractivity contribution is 14.0. The first kappa shape index (κ1) is 15.1. The van der Waals surface area contributed by atoms with E-state index in [-0.39, 0.29) is 24.0 Å². The number of hydrogen-bond acceptors (Lipinski definition) is 1. The Morgan fingerprint density at radius 1 is 1.35 bits per heavy atom. The summed E-state index contributed by atoms with van der Waals surface area (Å²) in [4.78, 5) is 6.84. The van der Waals surface area contributed by atoms with Crippen LogP contribution in [0.15, 0.2) is 4.99 Å². The lowest BCUT2D eigenvalue weighted by atomic mass is 9.71. The quantitative estimate of drug-likeness (QED) is 0.472. The number of likely N-dealkylation sites (tertiary alicyclic amines) is 1. The van der Waals surface area contributed by atoms with Crippen molar-refractivity contribution >= 4 is 29.9 Å². The topological polar surface area (TPSA) is 41.6 Å². The largest absolute Gasteiger partial charge is 0.370 e. The SMILES string of the molecule is CC1CCN(C(N)=NCC2(C)CCC2)CC1.I. The highest BCUT2D eigenvalue weighted by Crippen LogP contribution is 2.40. The molecule has 2 fully saturated rings. The molecule has 0 radical (unpaired) electrons. The van der Waals surface area contributed by atoms with Crippen molar-refractivity contribution in [3.63, 3.8) is 0 Å². The summed E-state index contributed by atoms with van der Waals surface area (Å²) in [5, 5.41) is 0. The van der Waals surface area contributed by atoms with Gasteiger partial charge in [-0.15, -0.1) is 24.0 Å². The average molecular weight is 351 g/mol. The van der Waals surface area contributed by atoms with Crippen molar-refractivity contribution in [3.05, 3.63) is 0 Å².